The van der Waals surface area contributed by atoms with Crippen molar-refractivity contribution in [2.75, 3.05) is 13.2 Å². The number of carbonyl (C=O) groups excluding carboxylic acids is 2. The second-order valence-corrected chi connectivity index (χ2v) is 3.92. The van der Waals surface area contributed by atoms with Crippen molar-refractivity contribution in [2.24, 2.45) is 0 Å². The molecule has 14 heavy (non-hydrogen) atoms. The van der Waals surface area contributed by atoms with Gasteiger partial charge in [-0.25, -0.2) is 4.79 Å². The zero-order valence-corrected chi connectivity index (χ0v) is 8.97. The first kappa shape index (κ1) is 13.0. The van der Waals surface area contributed by atoms with Crippen molar-refractivity contribution in [3.05, 3.63) is 12.7 Å². The Kier molecular flexibility index (Phi) is 5.23. The monoisotopic (exact) mass is 220 g/mol. The molecule has 0 aliphatic carbocycles. The molecule has 0 fully saturated rings. The van der Waals surface area contributed by atoms with E-state index in [4.69, 9.17) is 16.3 Å². The zero-order chi connectivity index (χ0) is 11.2. The van der Waals surface area contributed by atoms with E-state index < -0.39 is 16.8 Å². The molecular weight excluding hydrogens is 208 g/mol. The molecule has 5 heteroatoms. The lowest BCUT2D eigenvalue weighted by molar-refractivity contribution is -0.151. The highest BCUT2D eigenvalue weighted by Gasteiger charge is 2.25. The van der Waals surface area contributed by atoms with Crippen LogP contribution in [0, 0.1) is 0 Å². The van der Waals surface area contributed by atoms with E-state index in [0.29, 0.717) is 0 Å². The van der Waals surface area contributed by atoms with E-state index in [1.54, 1.807) is 0 Å². The van der Waals surface area contributed by atoms with Crippen molar-refractivity contribution in [3.8, 4) is 0 Å². The molecule has 0 aromatic rings. The highest BCUT2D eigenvalue weighted by Crippen LogP contribution is 2.14. The van der Waals surface area contributed by atoms with Crippen LogP contribution in [0.2, 0.25) is 0 Å². The van der Waals surface area contributed by atoms with Gasteiger partial charge in [-0.1, -0.05) is 6.58 Å². The van der Waals surface area contributed by atoms with Crippen LogP contribution in [0.25, 0.3) is 0 Å². The Morgan fingerprint density at radius 1 is 1.36 bits per heavy atom. The van der Waals surface area contributed by atoms with Crippen molar-refractivity contribution >= 4 is 23.5 Å². The highest BCUT2D eigenvalue weighted by molar-refractivity contribution is 6.33. The van der Waals surface area contributed by atoms with E-state index in [1.807, 2.05) is 0 Å². The molecule has 0 aromatic heterocycles. The molecule has 0 saturated carbocycles. The van der Waals surface area contributed by atoms with Crippen LogP contribution in [0.5, 0.6) is 0 Å². The summed E-state index contributed by atoms with van der Waals surface area (Å²) in [6, 6.07) is 0. The Labute approximate surface area is 87.8 Å². The first-order valence-electron chi connectivity index (χ1n) is 4.03. The summed E-state index contributed by atoms with van der Waals surface area (Å²) < 4.78 is 9.30. The van der Waals surface area contributed by atoms with E-state index in [-0.39, 0.29) is 13.2 Å². The Bertz CT molecular complexity index is 229. The summed E-state index contributed by atoms with van der Waals surface area (Å²) >= 11 is 5.65. The third-order valence-electron chi connectivity index (χ3n) is 1.21. The van der Waals surface area contributed by atoms with E-state index in [2.05, 4.69) is 11.3 Å². The zero-order valence-electron chi connectivity index (χ0n) is 8.21. The maximum absolute atomic E-state index is 11.1. The Morgan fingerprint density at radius 3 is 2.29 bits per heavy atom. The fourth-order valence-electron chi connectivity index (χ4n) is 0.507. The molecule has 0 atom stereocenters. The van der Waals surface area contributed by atoms with E-state index in [0.717, 1.165) is 6.08 Å². The number of hydrogen-bond acceptors (Lipinski definition) is 4. The van der Waals surface area contributed by atoms with Crippen molar-refractivity contribution in [3.63, 3.8) is 0 Å². The summed E-state index contributed by atoms with van der Waals surface area (Å²) in [5.41, 5.74) is 0. The number of alkyl halides is 1. The lowest BCUT2D eigenvalue weighted by atomic mass is 10.2. The van der Waals surface area contributed by atoms with E-state index >= 15 is 0 Å². The second kappa shape index (κ2) is 5.65. The largest absolute Gasteiger partial charge is 0.461 e. The molecule has 0 aromatic carbocycles. The minimum atomic E-state index is -1.05. The highest BCUT2D eigenvalue weighted by atomic mass is 35.5. The summed E-state index contributed by atoms with van der Waals surface area (Å²) in [6.07, 6.45) is 1.04. The van der Waals surface area contributed by atoms with Gasteiger partial charge >= 0.3 is 11.9 Å². The first-order valence-corrected chi connectivity index (χ1v) is 4.41. The molecule has 80 valence electrons. The van der Waals surface area contributed by atoms with Gasteiger partial charge in [-0.2, -0.15) is 0 Å². The van der Waals surface area contributed by atoms with Gasteiger partial charge in [0.2, 0.25) is 0 Å². The summed E-state index contributed by atoms with van der Waals surface area (Å²) in [7, 11) is 0. The maximum atomic E-state index is 11.1. The van der Waals surface area contributed by atoms with Gasteiger partial charge in [-0.3, -0.25) is 4.79 Å². The van der Waals surface area contributed by atoms with Crippen LogP contribution in [0.3, 0.4) is 0 Å². The van der Waals surface area contributed by atoms with Crippen molar-refractivity contribution < 1.29 is 19.1 Å². The molecule has 0 heterocycles. The summed E-state index contributed by atoms with van der Waals surface area (Å²) in [5.74, 6) is -1.10. The predicted octanol–water partition coefficient (Wildman–Crippen LogP) is 1.28. The van der Waals surface area contributed by atoms with Crippen LogP contribution in [-0.4, -0.2) is 30.0 Å². The van der Waals surface area contributed by atoms with Gasteiger partial charge in [-0.05, 0) is 13.8 Å². The summed E-state index contributed by atoms with van der Waals surface area (Å²) in [4.78, 5) is 20.6. The standard InChI is InChI=1S/C9H13ClO4/c1-4-7(11)13-5-6-14-8(12)9(2,3)10/h4H,1,5-6H2,2-3H3. The average Bonchev–Trinajstić information content (AvgIpc) is 2.09. The lowest BCUT2D eigenvalue weighted by Gasteiger charge is -2.13. The molecule has 0 rings (SSSR count). The van der Waals surface area contributed by atoms with Gasteiger partial charge in [0.15, 0.2) is 0 Å². The molecular formula is C9H13ClO4. The Hall–Kier alpha value is -1.03. The predicted molar refractivity (Wildman–Crippen MR) is 52.0 cm³/mol. The van der Waals surface area contributed by atoms with Crippen LogP contribution in [0.15, 0.2) is 12.7 Å². The molecule has 0 spiro atoms. The van der Waals surface area contributed by atoms with Crippen LogP contribution in [0.4, 0.5) is 0 Å². The smallest absolute Gasteiger partial charge is 0.330 e. The Morgan fingerprint density at radius 2 is 1.86 bits per heavy atom. The fourth-order valence-corrected chi connectivity index (χ4v) is 0.562. The van der Waals surface area contributed by atoms with Crippen LogP contribution < -0.4 is 0 Å². The molecule has 4 nitrogen and oxygen atoms in total. The van der Waals surface area contributed by atoms with Gasteiger partial charge in [-0.15, -0.1) is 11.6 Å². The van der Waals surface area contributed by atoms with Crippen molar-refractivity contribution in [1.82, 2.24) is 0 Å². The normalized spacial score (nSPS) is 10.5. The number of rotatable bonds is 5. The van der Waals surface area contributed by atoms with Gasteiger partial charge in [0.25, 0.3) is 0 Å². The SMILES string of the molecule is C=CC(=O)OCCOC(=O)C(C)(C)Cl. The molecule has 0 unspecified atom stereocenters. The number of halogens is 1. The molecule has 0 radical (unpaired) electrons. The average molecular weight is 221 g/mol. The topological polar surface area (TPSA) is 52.6 Å². The van der Waals surface area contributed by atoms with E-state index in [1.165, 1.54) is 13.8 Å². The van der Waals surface area contributed by atoms with Gasteiger partial charge in [0.1, 0.15) is 18.1 Å². The maximum Gasteiger partial charge on any atom is 0.330 e. The minimum Gasteiger partial charge on any atom is -0.461 e. The van der Waals surface area contributed by atoms with Crippen LogP contribution in [0.1, 0.15) is 13.8 Å². The molecule has 0 N–H and O–H groups in total. The number of ether oxygens (including phenoxy) is 2. The molecule has 0 aliphatic rings. The quantitative estimate of drug-likeness (QED) is 0.303. The Balaban J connectivity index is 3.61. The van der Waals surface area contributed by atoms with Crippen LogP contribution >= 0.6 is 11.6 Å². The number of carbonyl (C=O) groups is 2. The van der Waals surface area contributed by atoms with Crippen LogP contribution in [-0.2, 0) is 19.1 Å². The lowest BCUT2D eigenvalue weighted by Crippen LogP contribution is -2.28. The summed E-state index contributed by atoms with van der Waals surface area (Å²) in [5, 5.41) is 0. The fraction of sp³-hybridized carbons (Fsp3) is 0.556. The van der Waals surface area contributed by atoms with Gasteiger partial charge in [0, 0.05) is 6.08 Å². The molecule has 0 amide bonds. The summed E-state index contributed by atoms with van der Waals surface area (Å²) in [6.45, 7) is 6.25. The number of hydrogen-bond donors (Lipinski definition) is 0. The molecule has 0 aliphatic heterocycles. The van der Waals surface area contributed by atoms with Gasteiger partial charge < -0.3 is 9.47 Å². The van der Waals surface area contributed by atoms with Crippen molar-refractivity contribution in [1.29, 1.82) is 0 Å². The second-order valence-electron chi connectivity index (χ2n) is 2.98. The third-order valence-corrected chi connectivity index (χ3v) is 1.37. The molecule has 0 bridgehead atoms. The minimum absolute atomic E-state index is 0.00353. The van der Waals surface area contributed by atoms with E-state index in [9.17, 15) is 9.59 Å². The first-order chi connectivity index (χ1) is 6.38. The van der Waals surface area contributed by atoms with Crippen molar-refractivity contribution in [2.45, 2.75) is 18.7 Å². The van der Waals surface area contributed by atoms with Gasteiger partial charge in [0.05, 0.1) is 0 Å². The number of esters is 2. The third kappa shape index (κ3) is 5.59. The molecule has 0 saturated heterocycles.